The fraction of sp³-hybridized carbons (Fsp3) is 0.312. The molecule has 1 N–H and O–H groups in total. The van der Waals surface area contributed by atoms with Gasteiger partial charge in [0.15, 0.2) is 5.82 Å². The molecular formula is C16H17N3O4. The SMILES string of the molecule is COc1cccc(NC(=O)C2CC(=O)N(c3cc(C)on3)C2)c1. The number of methoxy groups -OCH3 is 1. The van der Waals surface area contributed by atoms with Crippen molar-refractivity contribution in [3.8, 4) is 5.75 Å². The molecule has 1 aromatic carbocycles. The van der Waals surface area contributed by atoms with Gasteiger partial charge in [0.1, 0.15) is 11.5 Å². The van der Waals surface area contributed by atoms with Crippen molar-refractivity contribution in [2.75, 3.05) is 23.9 Å². The predicted molar refractivity (Wildman–Crippen MR) is 83.3 cm³/mol. The van der Waals surface area contributed by atoms with Crippen molar-refractivity contribution in [3.05, 3.63) is 36.1 Å². The van der Waals surface area contributed by atoms with E-state index in [0.29, 0.717) is 29.6 Å². The van der Waals surface area contributed by atoms with Gasteiger partial charge < -0.3 is 14.6 Å². The summed E-state index contributed by atoms with van der Waals surface area (Å²) >= 11 is 0. The third-order valence-electron chi connectivity index (χ3n) is 3.73. The van der Waals surface area contributed by atoms with Gasteiger partial charge in [0.05, 0.1) is 13.0 Å². The molecule has 1 atom stereocenters. The summed E-state index contributed by atoms with van der Waals surface area (Å²) in [5, 5.41) is 6.65. The molecule has 7 nitrogen and oxygen atoms in total. The highest BCUT2D eigenvalue weighted by atomic mass is 16.5. The molecule has 1 unspecified atom stereocenters. The van der Waals surface area contributed by atoms with E-state index in [1.807, 2.05) is 0 Å². The number of hydrogen-bond acceptors (Lipinski definition) is 5. The van der Waals surface area contributed by atoms with Crippen LogP contribution in [-0.4, -0.2) is 30.6 Å². The van der Waals surface area contributed by atoms with E-state index in [2.05, 4.69) is 10.5 Å². The van der Waals surface area contributed by atoms with Gasteiger partial charge in [-0.25, -0.2) is 0 Å². The summed E-state index contributed by atoms with van der Waals surface area (Å²) in [6.45, 7) is 2.05. The number of nitrogens with zero attached hydrogens (tertiary/aromatic N) is 2. The number of aryl methyl sites for hydroxylation is 1. The number of anilines is 2. The minimum atomic E-state index is -0.425. The molecule has 0 spiro atoms. The second-order valence-corrected chi connectivity index (χ2v) is 5.42. The molecule has 0 aliphatic carbocycles. The topological polar surface area (TPSA) is 84.7 Å². The Bertz CT molecular complexity index is 740. The van der Waals surface area contributed by atoms with Crippen LogP contribution in [0, 0.1) is 12.8 Å². The molecule has 0 bridgehead atoms. The van der Waals surface area contributed by atoms with Gasteiger partial charge in [-0.1, -0.05) is 11.2 Å². The van der Waals surface area contributed by atoms with Crippen molar-refractivity contribution in [3.63, 3.8) is 0 Å². The first-order chi connectivity index (χ1) is 11.1. The summed E-state index contributed by atoms with van der Waals surface area (Å²) in [5.74, 6) is 0.968. The maximum absolute atomic E-state index is 12.4. The Morgan fingerprint density at radius 2 is 2.26 bits per heavy atom. The van der Waals surface area contributed by atoms with Crippen molar-refractivity contribution in [1.29, 1.82) is 0 Å². The van der Waals surface area contributed by atoms with E-state index in [9.17, 15) is 9.59 Å². The number of benzene rings is 1. The maximum Gasteiger partial charge on any atom is 0.229 e. The van der Waals surface area contributed by atoms with Crippen LogP contribution in [0.2, 0.25) is 0 Å². The Labute approximate surface area is 133 Å². The van der Waals surface area contributed by atoms with E-state index >= 15 is 0 Å². The van der Waals surface area contributed by atoms with Crippen LogP contribution in [0.1, 0.15) is 12.2 Å². The first-order valence-electron chi connectivity index (χ1n) is 7.25. The smallest absolute Gasteiger partial charge is 0.229 e. The number of aromatic nitrogens is 1. The Hall–Kier alpha value is -2.83. The lowest BCUT2D eigenvalue weighted by molar-refractivity contribution is -0.122. The highest BCUT2D eigenvalue weighted by molar-refractivity contribution is 6.03. The number of nitrogens with one attached hydrogen (secondary N) is 1. The molecule has 2 aromatic rings. The third kappa shape index (κ3) is 3.18. The quantitative estimate of drug-likeness (QED) is 0.932. The molecule has 3 rings (SSSR count). The Morgan fingerprint density at radius 1 is 1.43 bits per heavy atom. The van der Waals surface area contributed by atoms with E-state index in [1.165, 1.54) is 4.90 Å². The van der Waals surface area contributed by atoms with Crippen LogP contribution in [-0.2, 0) is 9.59 Å². The molecule has 1 fully saturated rings. The van der Waals surface area contributed by atoms with Gasteiger partial charge in [-0.3, -0.25) is 14.5 Å². The fourth-order valence-electron chi connectivity index (χ4n) is 2.53. The molecule has 0 saturated carbocycles. The van der Waals surface area contributed by atoms with Gasteiger partial charge in [-0.15, -0.1) is 0 Å². The van der Waals surface area contributed by atoms with Crippen LogP contribution < -0.4 is 15.0 Å². The van der Waals surface area contributed by atoms with Gasteiger partial charge in [0.2, 0.25) is 11.8 Å². The lowest BCUT2D eigenvalue weighted by atomic mass is 10.1. The zero-order valence-corrected chi connectivity index (χ0v) is 12.9. The number of hydrogen-bond donors (Lipinski definition) is 1. The summed E-state index contributed by atoms with van der Waals surface area (Å²) in [4.78, 5) is 25.9. The van der Waals surface area contributed by atoms with Crippen LogP contribution in [0.3, 0.4) is 0 Å². The summed E-state index contributed by atoms with van der Waals surface area (Å²) in [7, 11) is 1.56. The summed E-state index contributed by atoms with van der Waals surface area (Å²) in [6.07, 6.45) is 0.154. The number of carbonyl (C=O) groups is 2. The largest absolute Gasteiger partial charge is 0.497 e. The molecule has 23 heavy (non-hydrogen) atoms. The average Bonchev–Trinajstić information content (AvgIpc) is 3.13. The van der Waals surface area contributed by atoms with Crippen molar-refractivity contribution in [1.82, 2.24) is 5.16 Å². The molecular weight excluding hydrogens is 298 g/mol. The average molecular weight is 315 g/mol. The zero-order valence-electron chi connectivity index (χ0n) is 12.9. The van der Waals surface area contributed by atoms with Crippen molar-refractivity contribution in [2.24, 2.45) is 5.92 Å². The summed E-state index contributed by atoms with van der Waals surface area (Å²) in [6, 6.07) is 8.77. The molecule has 2 heterocycles. The Balaban J connectivity index is 1.68. The number of carbonyl (C=O) groups excluding carboxylic acids is 2. The summed E-state index contributed by atoms with van der Waals surface area (Å²) < 4.78 is 10.1. The third-order valence-corrected chi connectivity index (χ3v) is 3.73. The van der Waals surface area contributed by atoms with Crippen LogP contribution in [0.5, 0.6) is 5.75 Å². The zero-order chi connectivity index (χ0) is 16.4. The normalized spacial score (nSPS) is 17.4. The van der Waals surface area contributed by atoms with Crippen molar-refractivity contribution in [2.45, 2.75) is 13.3 Å². The minimum Gasteiger partial charge on any atom is -0.497 e. The van der Waals surface area contributed by atoms with Crippen molar-refractivity contribution < 1.29 is 18.8 Å². The second kappa shape index (κ2) is 6.12. The highest BCUT2D eigenvalue weighted by Crippen LogP contribution is 2.26. The highest BCUT2D eigenvalue weighted by Gasteiger charge is 2.36. The molecule has 1 saturated heterocycles. The molecule has 1 aliphatic heterocycles. The van der Waals surface area contributed by atoms with Gasteiger partial charge in [0.25, 0.3) is 0 Å². The minimum absolute atomic E-state index is 0.135. The lowest BCUT2D eigenvalue weighted by Gasteiger charge is -2.13. The van der Waals surface area contributed by atoms with Gasteiger partial charge in [-0.2, -0.15) is 0 Å². The summed E-state index contributed by atoms with van der Waals surface area (Å²) in [5.41, 5.74) is 0.637. The number of amides is 2. The Morgan fingerprint density at radius 3 is 2.96 bits per heavy atom. The number of ether oxygens (including phenoxy) is 1. The molecule has 2 amide bonds. The van der Waals surface area contributed by atoms with Crippen LogP contribution in [0.15, 0.2) is 34.9 Å². The second-order valence-electron chi connectivity index (χ2n) is 5.42. The monoisotopic (exact) mass is 315 g/mol. The molecule has 1 aromatic heterocycles. The van der Waals surface area contributed by atoms with E-state index in [1.54, 1.807) is 44.4 Å². The van der Waals surface area contributed by atoms with Crippen LogP contribution >= 0.6 is 0 Å². The van der Waals surface area contributed by atoms with E-state index in [4.69, 9.17) is 9.26 Å². The predicted octanol–water partition coefficient (Wildman–Crippen LogP) is 1.98. The van der Waals surface area contributed by atoms with E-state index < -0.39 is 5.92 Å². The van der Waals surface area contributed by atoms with E-state index in [-0.39, 0.29) is 18.2 Å². The Kier molecular flexibility index (Phi) is 4.01. The fourth-order valence-corrected chi connectivity index (χ4v) is 2.53. The molecule has 120 valence electrons. The van der Waals surface area contributed by atoms with Crippen LogP contribution in [0.25, 0.3) is 0 Å². The van der Waals surface area contributed by atoms with E-state index in [0.717, 1.165) is 0 Å². The number of rotatable bonds is 4. The van der Waals surface area contributed by atoms with Crippen LogP contribution in [0.4, 0.5) is 11.5 Å². The molecule has 0 radical (unpaired) electrons. The maximum atomic E-state index is 12.4. The standard InChI is InChI=1S/C16H17N3O4/c1-10-6-14(18-23-10)19-9-11(7-15(19)20)16(21)17-12-4-3-5-13(8-12)22-2/h3-6,8,11H,7,9H2,1-2H3,(H,17,21). The van der Waals surface area contributed by atoms with Crippen molar-refractivity contribution >= 4 is 23.3 Å². The van der Waals surface area contributed by atoms with Gasteiger partial charge in [0, 0.05) is 30.8 Å². The first-order valence-corrected chi connectivity index (χ1v) is 7.25. The molecule has 1 aliphatic rings. The lowest BCUT2D eigenvalue weighted by Crippen LogP contribution is -2.28. The molecule has 7 heteroatoms. The van der Waals surface area contributed by atoms with Gasteiger partial charge >= 0.3 is 0 Å². The first kappa shape index (κ1) is 15.1. The van der Waals surface area contributed by atoms with Gasteiger partial charge in [-0.05, 0) is 19.1 Å².